The van der Waals surface area contributed by atoms with Crippen LogP contribution in [0.25, 0.3) is 10.9 Å². The average molecular weight is 555 g/mol. The standard InChI is InChI=1S/C35H30N4O3/c1-20-8-11-23(12-9-20)32-31-28(27-6-4-5-7-29(27)37-31)19-30-34(41)38(35(42)39(30)32)26-16-13-24(14-17-26)33(40)36-25-15-10-21(2)22(3)18-25/h4-18,30,32,37H,19H2,1-3H3,(H,36,40)/t30-,32-/m0/s1. The van der Waals surface area contributed by atoms with Crippen LogP contribution in [0.3, 0.4) is 0 Å². The second-order valence-corrected chi connectivity index (χ2v) is 11.3. The van der Waals surface area contributed by atoms with Crippen LogP contribution in [-0.2, 0) is 11.2 Å². The number of nitrogens with zero attached hydrogens (tertiary/aromatic N) is 2. The van der Waals surface area contributed by atoms with Crippen LogP contribution in [0.5, 0.6) is 0 Å². The van der Waals surface area contributed by atoms with Crippen molar-refractivity contribution < 1.29 is 14.4 Å². The van der Waals surface area contributed by atoms with Crippen molar-refractivity contribution in [1.82, 2.24) is 9.88 Å². The fourth-order valence-electron chi connectivity index (χ4n) is 6.19. The van der Waals surface area contributed by atoms with Gasteiger partial charge in [-0.3, -0.25) is 14.5 Å². The minimum absolute atomic E-state index is 0.258. The van der Waals surface area contributed by atoms with Crippen LogP contribution in [-0.4, -0.2) is 33.8 Å². The molecule has 2 N–H and O–H groups in total. The average Bonchev–Trinajstić information content (AvgIpc) is 3.48. The van der Waals surface area contributed by atoms with Gasteiger partial charge in [-0.15, -0.1) is 0 Å². The van der Waals surface area contributed by atoms with E-state index in [9.17, 15) is 14.4 Å². The normalized spacial score (nSPS) is 17.9. The molecule has 2 atom stereocenters. The molecule has 7 nitrogen and oxygen atoms in total. The zero-order valence-corrected chi connectivity index (χ0v) is 23.6. The van der Waals surface area contributed by atoms with Crippen LogP contribution in [0.4, 0.5) is 16.2 Å². The number of carbonyl (C=O) groups is 3. The predicted octanol–water partition coefficient (Wildman–Crippen LogP) is 6.83. The van der Waals surface area contributed by atoms with Gasteiger partial charge in [0.05, 0.1) is 5.69 Å². The van der Waals surface area contributed by atoms with Gasteiger partial charge in [-0.2, -0.15) is 0 Å². The fraction of sp³-hybridized carbons (Fsp3) is 0.171. The summed E-state index contributed by atoms with van der Waals surface area (Å²) in [5.74, 6) is -0.522. The van der Waals surface area contributed by atoms with Gasteiger partial charge in [0.15, 0.2) is 0 Å². The van der Waals surface area contributed by atoms with E-state index in [1.165, 1.54) is 4.90 Å². The largest absolute Gasteiger partial charge is 0.356 e. The molecular formula is C35H30N4O3. The topological polar surface area (TPSA) is 85.5 Å². The van der Waals surface area contributed by atoms with Crippen molar-refractivity contribution in [2.75, 3.05) is 10.2 Å². The van der Waals surface area contributed by atoms with E-state index in [1.807, 2.05) is 81.4 Å². The second-order valence-electron chi connectivity index (χ2n) is 11.3. The van der Waals surface area contributed by atoms with E-state index in [2.05, 4.69) is 16.4 Å². The lowest BCUT2D eigenvalue weighted by molar-refractivity contribution is -0.120. The van der Waals surface area contributed by atoms with Crippen molar-refractivity contribution in [3.8, 4) is 0 Å². The molecule has 42 heavy (non-hydrogen) atoms. The molecule has 4 aromatic carbocycles. The molecule has 3 heterocycles. The van der Waals surface area contributed by atoms with Crippen molar-refractivity contribution in [3.05, 3.63) is 130 Å². The first-order chi connectivity index (χ1) is 20.3. The number of benzene rings is 4. The fourth-order valence-corrected chi connectivity index (χ4v) is 6.19. The Bertz CT molecular complexity index is 1890. The molecule has 2 aliphatic rings. The number of imide groups is 1. The SMILES string of the molecule is Cc1ccc([C@H]2c3[nH]c4ccccc4c3C[C@H]3C(=O)N(c4ccc(C(=O)Nc5ccc(C)c(C)c5)cc4)C(=O)N23)cc1. The van der Waals surface area contributed by atoms with Gasteiger partial charge < -0.3 is 10.3 Å². The number of hydrogen-bond donors (Lipinski definition) is 2. The highest BCUT2D eigenvalue weighted by molar-refractivity contribution is 6.22. The second kappa shape index (κ2) is 9.73. The highest BCUT2D eigenvalue weighted by atomic mass is 16.2. The number of hydrogen-bond acceptors (Lipinski definition) is 3. The smallest absolute Gasteiger partial charge is 0.332 e. The van der Waals surface area contributed by atoms with Crippen molar-refractivity contribution in [2.45, 2.75) is 39.3 Å². The number of fused-ring (bicyclic) bond motifs is 4. The van der Waals surface area contributed by atoms with E-state index in [1.54, 1.807) is 29.2 Å². The number of nitrogens with one attached hydrogen (secondary N) is 2. The van der Waals surface area contributed by atoms with Crippen LogP contribution < -0.4 is 10.2 Å². The Morgan fingerprint density at radius 2 is 1.60 bits per heavy atom. The third-order valence-corrected chi connectivity index (χ3v) is 8.59. The summed E-state index contributed by atoms with van der Waals surface area (Å²) in [4.78, 5) is 47.5. The van der Waals surface area contributed by atoms with E-state index in [0.29, 0.717) is 23.4 Å². The number of anilines is 2. The molecule has 0 spiro atoms. The molecule has 4 amide bonds. The Hall–Kier alpha value is -5.17. The quantitative estimate of drug-likeness (QED) is 0.239. The molecular weight excluding hydrogens is 524 g/mol. The molecule has 0 bridgehead atoms. The van der Waals surface area contributed by atoms with E-state index in [0.717, 1.165) is 44.4 Å². The molecule has 208 valence electrons. The van der Waals surface area contributed by atoms with Crippen LogP contribution in [0.1, 0.15) is 49.9 Å². The number of rotatable bonds is 4. The lowest BCUT2D eigenvalue weighted by atomic mass is 9.88. The maximum absolute atomic E-state index is 14.1. The number of aromatic amines is 1. The van der Waals surface area contributed by atoms with Crippen LogP contribution >= 0.6 is 0 Å². The third kappa shape index (κ3) is 4.08. The number of para-hydroxylation sites is 1. The van der Waals surface area contributed by atoms with Gasteiger partial charge in [-0.05, 0) is 85.5 Å². The third-order valence-electron chi connectivity index (χ3n) is 8.59. The summed E-state index contributed by atoms with van der Waals surface area (Å²) in [6, 6.07) is 27.2. The Kier molecular flexibility index (Phi) is 5.97. The van der Waals surface area contributed by atoms with Crippen molar-refractivity contribution >= 4 is 40.1 Å². The maximum Gasteiger partial charge on any atom is 0.332 e. The number of carbonyl (C=O) groups excluding carboxylic acids is 3. The molecule has 1 saturated heterocycles. The highest BCUT2D eigenvalue weighted by Crippen LogP contribution is 2.44. The van der Waals surface area contributed by atoms with Gasteiger partial charge >= 0.3 is 6.03 Å². The molecule has 7 heteroatoms. The Labute approximate surface area is 243 Å². The number of urea groups is 1. The zero-order valence-electron chi connectivity index (χ0n) is 23.6. The minimum Gasteiger partial charge on any atom is -0.356 e. The monoisotopic (exact) mass is 554 g/mol. The number of amides is 4. The summed E-state index contributed by atoms with van der Waals surface area (Å²) in [6.45, 7) is 6.05. The molecule has 0 aliphatic carbocycles. The van der Waals surface area contributed by atoms with E-state index < -0.39 is 12.1 Å². The molecule has 5 aromatic rings. The summed E-state index contributed by atoms with van der Waals surface area (Å²) in [5, 5.41) is 4.00. The summed E-state index contributed by atoms with van der Waals surface area (Å²) in [7, 11) is 0. The van der Waals surface area contributed by atoms with Gasteiger partial charge in [-0.25, -0.2) is 9.69 Å². The molecule has 2 aliphatic heterocycles. The first-order valence-corrected chi connectivity index (χ1v) is 14.1. The van der Waals surface area contributed by atoms with Gasteiger partial charge in [0.1, 0.15) is 12.1 Å². The molecule has 0 saturated carbocycles. The first kappa shape index (κ1) is 25.8. The zero-order chi connectivity index (χ0) is 29.1. The number of aryl methyl sites for hydroxylation is 3. The predicted molar refractivity (Wildman–Crippen MR) is 164 cm³/mol. The molecule has 1 fully saturated rings. The van der Waals surface area contributed by atoms with Gasteiger partial charge in [0.25, 0.3) is 11.8 Å². The van der Waals surface area contributed by atoms with Gasteiger partial charge in [0.2, 0.25) is 0 Å². The van der Waals surface area contributed by atoms with E-state index in [4.69, 9.17) is 0 Å². The summed E-state index contributed by atoms with van der Waals surface area (Å²) < 4.78 is 0. The molecule has 7 rings (SSSR count). The maximum atomic E-state index is 14.1. The molecule has 0 radical (unpaired) electrons. The lowest BCUT2D eigenvalue weighted by Gasteiger charge is -2.36. The van der Waals surface area contributed by atoms with Crippen molar-refractivity contribution in [2.24, 2.45) is 0 Å². The Morgan fingerprint density at radius 3 is 2.33 bits per heavy atom. The Balaban J connectivity index is 1.22. The van der Waals surface area contributed by atoms with Gasteiger partial charge in [-0.1, -0.05) is 54.1 Å². The van der Waals surface area contributed by atoms with Crippen LogP contribution in [0, 0.1) is 20.8 Å². The van der Waals surface area contributed by atoms with E-state index >= 15 is 0 Å². The summed E-state index contributed by atoms with van der Waals surface area (Å²) >= 11 is 0. The molecule has 1 aromatic heterocycles. The van der Waals surface area contributed by atoms with Crippen LogP contribution in [0.15, 0.2) is 91.0 Å². The van der Waals surface area contributed by atoms with Crippen LogP contribution in [0.2, 0.25) is 0 Å². The molecule has 0 unspecified atom stereocenters. The Morgan fingerprint density at radius 1 is 0.857 bits per heavy atom. The van der Waals surface area contributed by atoms with Crippen molar-refractivity contribution in [1.29, 1.82) is 0 Å². The lowest BCUT2D eigenvalue weighted by Crippen LogP contribution is -2.44. The van der Waals surface area contributed by atoms with E-state index in [-0.39, 0.29) is 17.8 Å². The highest BCUT2D eigenvalue weighted by Gasteiger charge is 2.53. The minimum atomic E-state index is -0.636. The summed E-state index contributed by atoms with van der Waals surface area (Å²) in [5.41, 5.74) is 8.91. The number of H-pyrrole nitrogens is 1. The first-order valence-electron chi connectivity index (χ1n) is 14.1. The number of aromatic nitrogens is 1. The summed E-state index contributed by atoms with van der Waals surface area (Å²) in [6.07, 6.45) is 0.430. The van der Waals surface area contributed by atoms with Gasteiger partial charge in [0, 0.05) is 34.3 Å². The van der Waals surface area contributed by atoms with Crippen molar-refractivity contribution in [3.63, 3.8) is 0 Å².